The zero-order chi connectivity index (χ0) is 12.4. The van der Waals surface area contributed by atoms with Crippen LogP contribution in [0.25, 0.3) is 10.9 Å². The minimum absolute atomic E-state index is 0.521. The summed E-state index contributed by atoms with van der Waals surface area (Å²) in [6.07, 6.45) is 0. The number of fused-ring (bicyclic) bond motifs is 1. The molecule has 1 aromatic heterocycles. The minimum atomic E-state index is 0.521. The predicted octanol–water partition coefficient (Wildman–Crippen LogP) is 1.49. The highest BCUT2D eigenvalue weighted by Gasteiger charge is 2.06. The molecule has 1 heterocycles. The van der Waals surface area contributed by atoms with Gasteiger partial charge < -0.3 is 15.8 Å². The van der Waals surface area contributed by atoms with E-state index < -0.39 is 0 Å². The normalized spacial score (nSPS) is 11.8. The van der Waals surface area contributed by atoms with Gasteiger partial charge in [-0.15, -0.1) is 0 Å². The van der Waals surface area contributed by atoms with Crippen LogP contribution < -0.4 is 16.1 Å². The molecule has 0 saturated carbocycles. The van der Waals surface area contributed by atoms with Gasteiger partial charge >= 0.3 is 0 Å². The molecule has 5 nitrogen and oxygen atoms in total. The molecule has 0 saturated heterocycles. The molecule has 0 amide bonds. The van der Waals surface area contributed by atoms with Crippen LogP contribution in [-0.2, 0) is 0 Å². The van der Waals surface area contributed by atoms with Crippen LogP contribution >= 0.6 is 0 Å². The summed E-state index contributed by atoms with van der Waals surface area (Å²) in [7, 11) is 5.35. The first-order chi connectivity index (χ1) is 8.21. The molecule has 0 unspecified atom stereocenters. The van der Waals surface area contributed by atoms with Crippen molar-refractivity contribution in [3.63, 3.8) is 0 Å². The molecule has 0 aliphatic rings. The van der Waals surface area contributed by atoms with Crippen LogP contribution in [0.2, 0.25) is 0 Å². The van der Waals surface area contributed by atoms with Gasteiger partial charge in [-0.2, -0.15) is 4.73 Å². The molecular formula is C12H16N4O. The molecule has 0 aliphatic carbocycles. The maximum atomic E-state index is 10.1. The second kappa shape index (κ2) is 4.37. The topological polar surface area (TPSA) is 61.6 Å². The van der Waals surface area contributed by atoms with Gasteiger partial charge in [-0.05, 0) is 24.3 Å². The molecule has 0 aliphatic heterocycles. The number of benzene rings is 1. The van der Waals surface area contributed by atoms with Gasteiger partial charge in [0.15, 0.2) is 5.49 Å². The fourth-order valence-corrected chi connectivity index (χ4v) is 1.86. The lowest BCUT2D eigenvalue weighted by Crippen LogP contribution is -2.18. The van der Waals surface area contributed by atoms with E-state index in [4.69, 9.17) is 0 Å². The van der Waals surface area contributed by atoms with Crippen molar-refractivity contribution in [3.05, 3.63) is 29.8 Å². The van der Waals surface area contributed by atoms with Gasteiger partial charge in [0.25, 0.3) is 0 Å². The molecule has 2 aromatic rings. The van der Waals surface area contributed by atoms with Gasteiger partial charge in [-0.3, -0.25) is 4.99 Å². The van der Waals surface area contributed by atoms with Crippen LogP contribution in [0.5, 0.6) is 0 Å². The van der Waals surface area contributed by atoms with Crippen LogP contribution in [0, 0.1) is 0 Å². The van der Waals surface area contributed by atoms with E-state index in [1.54, 1.807) is 13.1 Å². The van der Waals surface area contributed by atoms with Crippen molar-refractivity contribution in [2.45, 2.75) is 0 Å². The number of aromatic nitrogens is 1. The maximum absolute atomic E-state index is 10.1. The van der Waals surface area contributed by atoms with Crippen molar-refractivity contribution in [2.24, 2.45) is 4.99 Å². The Hall–Kier alpha value is -2.17. The summed E-state index contributed by atoms with van der Waals surface area (Å²) >= 11 is 0. The Morgan fingerprint density at radius 1 is 1.18 bits per heavy atom. The van der Waals surface area contributed by atoms with Crippen molar-refractivity contribution in [3.8, 4) is 0 Å². The van der Waals surface area contributed by atoms with Crippen LogP contribution in [0.15, 0.2) is 29.3 Å². The quantitative estimate of drug-likeness (QED) is 0.687. The molecule has 2 rings (SSSR count). The summed E-state index contributed by atoms with van der Waals surface area (Å²) in [5, 5.41) is 17.2. The number of nitrogens with zero attached hydrogens (tertiary/aromatic N) is 2. The first-order valence-corrected chi connectivity index (χ1v) is 5.38. The van der Waals surface area contributed by atoms with Crippen LogP contribution in [0.3, 0.4) is 0 Å². The number of nitrogens with one attached hydrogen (secondary N) is 2. The average molecular weight is 232 g/mol. The van der Waals surface area contributed by atoms with Gasteiger partial charge in [0.05, 0.1) is 5.52 Å². The first-order valence-electron chi connectivity index (χ1n) is 5.38. The first kappa shape index (κ1) is 11.3. The third-order valence-electron chi connectivity index (χ3n) is 2.79. The molecule has 0 spiro atoms. The molecule has 17 heavy (non-hydrogen) atoms. The molecule has 90 valence electrons. The highest BCUT2D eigenvalue weighted by Crippen LogP contribution is 2.26. The van der Waals surface area contributed by atoms with E-state index in [9.17, 15) is 5.21 Å². The summed E-state index contributed by atoms with van der Waals surface area (Å²) in [5.41, 5.74) is 3.12. The number of hydrogen-bond acceptors (Lipinski definition) is 4. The summed E-state index contributed by atoms with van der Waals surface area (Å²) in [6.45, 7) is 0. The Kier molecular flexibility index (Phi) is 2.91. The lowest BCUT2D eigenvalue weighted by atomic mass is 10.1. The number of hydrogen-bond donors (Lipinski definition) is 3. The van der Waals surface area contributed by atoms with E-state index in [1.165, 1.54) is 0 Å². The molecule has 3 N–H and O–H groups in total. The summed E-state index contributed by atoms with van der Waals surface area (Å²) in [4.78, 5) is 4.00. The third-order valence-corrected chi connectivity index (χ3v) is 2.79. The van der Waals surface area contributed by atoms with Crippen LogP contribution in [0.1, 0.15) is 0 Å². The molecule has 5 heteroatoms. The van der Waals surface area contributed by atoms with Gasteiger partial charge in [0.2, 0.25) is 0 Å². The van der Waals surface area contributed by atoms with E-state index in [-0.39, 0.29) is 0 Å². The zero-order valence-electron chi connectivity index (χ0n) is 10.2. The van der Waals surface area contributed by atoms with Crippen LogP contribution in [0.4, 0.5) is 11.4 Å². The fraction of sp³-hybridized carbons (Fsp3) is 0.250. The molecule has 0 radical (unpaired) electrons. The third kappa shape index (κ3) is 1.80. The van der Waals surface area contributed by atoms with Gasteiger partial charge in [0, 0.05) is 37.9 Å². The van der Waals surface area contributed by atoms with Gasteiger partial charge in [-0.1, -0.05) is 0 Å². The standard InChI is InChI=1S/C12H16N4O/c1-13-8-6-10(14-2)9-4-5-12(15-3)16(17)11(9)7-8/h4-7,13-14,17H,1-3H3. The Morgan fingerprint density at radius 3 is 2.53 bits per heavy atom. The van der Waals surface area contributed by atoms with Crippen molar-refractivity contribution in [1.29, 1.82) is 0 Å². The summed E-state index contributed by atoms with van der Waals surface area (Å²) in [6, 6.07) is 7.59. The highest BCUT2D eigenvalue weighted by atomic mass is 16.5. The number of rotatable bonds is 2. The Labute approximate surface area is 99.4 Å². The van der Waals surface area contributed by atoms with Gasteiger partial charge in [0.1, 0.15) is 0 Å². The lowest BCUT2D eigenvalue weighted by Gasteiger charge is -2.11. The second-order valence-electron chi connectivity index (χ2n) is 3.68. The molecular weight excluding hydrogens is 216 g/mol. The SMILES string of the molecule is CN=c1ccc2c(NC)cc(NC)cc2n1O. The minimum Gasteiger partial charge on any atom is -0.426 e. The predicted molar refractivity (Wildman–Crippen MR) is 69.7 cm³/mol. The molecule has 0 atom stereocenters. The zero-order valence-corrected chi connectivity index (χ0v) is 10.2. The summed E-state index contributed by atoms with van der Waals surface area (Å²) in [5.74, 6) is 0. The maximum Gasteiger partial charge on any atom is 0.163 e. The lowest BCUT2D eigenvalue weighted by molar-refractivity contribution is 0.186. The van der Waals surface area contributed by atoms with Crippen LogP contribution in [-0.4, -0.2) is 31.1 Å². The van der Waals surface area contributed by atoms with E-state index in [0.717, 1.165) is 21.5 Å². The second-order valence-corrected chi connectivity index (χ2v) is 3.68. The highest BCUT2D eigenvalue weighted by molar-refractivity contribution is 5.94. The van der Waals surface area contributed by atoms with Gasteiger partial charge in [-0.25, -0.2) is 0 Å². The fourth-order valence-electron chi connectivity index (χ4n) is 1.86. The van der Waals surface area contributed by atoms with Crippen molar-refractivity contribution < 1.29 is 5.21 Å². The van der Waals surface area contributed by atoms with Crippen molar-refractivity contribution >= 4 is 22.3 Å². The van der Waals surface area contributed by atoms with E-state index in [1.807, 2.05) is 32.3 Å². The Bertz CT molecular complexity index is 616. The van der Waals surface area contributed by atoms with E-state index >= 15 is 0 Å². The van der Waals surface area contributed by atoms with E-state index in [2.05, 4.69) is 15.6 Å². The number of pyridine rings is 1. The Balaban J connectivity index is 2.90. The average Bonchev–Trinajstić information content (AvgIpc) is 2.38. The van der Waals surface area contributed by atoms with Crippen molar-refractivity contribution in [2.75, 3.05) is 31.8 Å². The number of anilines is 2. The Morgan fingerprint density at radius 2 is 1.94 bits per heavy atom. The summed E-state index contributed by atoms with van der Waals surface area (Å²) < 4.78 is 1.09. The largest absolute Gasteiger partial charge is 0.426 e. The van der Waals surface area contributed by atoms with E-state index in [0.29, 0.717) is 11.0 Å². The molecule has 1 aromatic carbocycles. The monoisotopic (exact) mass is 232 g/mol. The molecule has 0 bridgehead atoms. The van der Waals surface area contributed by atoms with Crippen molar-refractivity contribution in [1.82, 2.24) is 4.73 Å². The molecule has 0 fully saturated rings. The smallest absolute Gasteiger partial charge is 0.163 e.